The van der Waals surface area contributed by atoms with Gasteiger partial charge in [-0.3, -0.25) is 9.59 Å². The van der Waals surface area contributed by atoms with Crippen molar-refractivity contribution in [2.24, 2.45) is 0 Å². The molecule has 1 heterocycles. The molecule has 1 aromatic heterocycles. The third-order valence-corrected chi connectivity index (χ3v) is 2.49. The van der Waals surface area contributed by atoms with Gasteiger partial charge in [-0.1, -0.05) is 0 Å². The van der Waals surface area contributed by atoms with Gasteiger partial charge in [0.25, 0.3) is 5.56 Å². The van der Waals surface area contributed by atoms with E-state index in [-0.39, 0.29) is 11.5 Å². The van der Waals surface area contributed by atoms with E-state index in [2.05, 4.69) is 15.3 Å². The summed E-state index contributed by atoms with van der Waals surface area (Å²) in [6.07, 6.45) is 1.30. The molecule has 0 spiro atoms. The summed E-state index contributed by atoms with van der Waals surface area (Å²) in [5.41, 5.74) is -0.245. The Kier molecular flexibility index (Phi) is 4.68. The van der Waals surface area contributed by atoms with E-state index in [1.807, 2.05) is 13.8 Å². The van der Waals surface area contributed by atoms with Crippen LogP contribution in [0, 0.1) is 0 Å². The molecule has 0 aliphatic heterocycles. The van der Waals surface area contributed by atoms with Crippen molar-refractivity contribution in [3.63, 3.8) is 0 Å². The van der Waals surface area contributed by atoms with Gasteiger partial charge in [0.2, 0.25) is 5.91 Å². The number of hydrogen-bond donors (Lipinski definition) is 2. The standard InChI is InChI=1S/C11H18N4O2/c1-4-15(5-2)11(17)8(3)14-9-6-10(16)13-7-12-9/h6-8H,4-5H2,1-3H3,(H2,12,13,14,16). The second-order valence-corrected chi connectivity index (χ2v) is 3.67. The first-order chi connectivity index (χ1) is 8.08. The molecule has 0 aliphatic rings. The predicted molar refractivity (Wildman–Crippen MR) is 65.9 cm³/mol. The molecule has 0 fully saturated rings. The summed E-state index contributed by atoms with van der Waals surface area (Å²) in [6, 6.07) is 0.927. The maximum absolute atomic E-state index is 11.9. The molecule has 1 rings (SSSR count). The number of carbonyl (C=O) groups is 1. The first-order valence-corrected chi connectivity index (χ1v) is 5.68. The van der Waals surface area contributed by atoms with Gasteiger partial charge in [0, 0.05) is 19.2 Å². The number of hydrogen-bond acceptors (Lipinski definition) is 4. The van der Waals surface area contributed by atoms with Gasteiger partial charge in [0.05, 0.1) is 6.33 Å². The lowest BCUT2D eigenvalue weighted by Crippen LogP contribution is -2.41. The van der Waals surface area contributed by atoms with Gasteiger partial charge in [-0.25, -0.2) is 4.98 Å². The molecule has 1 aromatic rings. The number of amides is 1. The summed E-state index contributed by atoms with van der Waals surface area (Å²) < 4.78 is 0. The molecule has 0 aromatic carbocycles. The molecule has 0 saturated heterocycles. The summed E-state index contributed by atoms with van der Waals surface area (Å²) in [5.74, 6) is 0.402. The maximum Gasteiger partial charge on any atom is 0.252 e. The molecule has 0 radical (unpaired) electrons. The smallest absolute Gasteiger partial charge is 0.252 e. The van der Waals surface area contributed by atoms with Crippen LogP contribution < -0.4 is 10.9 Å². The van der Waals surface area contributed by atoms with Crippen LogP contribution in [0.2, 0.25) is 0 Å². The molecule has 94 valence electrons. The lowest BCUT2D eigenvalue weighted by Gasteiger charge is -2.23. The van der Waals surface area contributed by atoms with E-state index in [1.165, 1.54) is 12.4 Å². The number of anilines is 1. The first kappa shape index (κ1) is 13.2. The molecular formula is C11H18N4O2. The number of H-pyrrole nitrogens is 1. The zero-order chi connectivity index (χ0) is 12.8. The number of nitrogens with one attached hydrogen (secondary N) is 2. The molecule has 6 heteroatoms. The molecule has 1 atom stereocenters. The largest absolute Gasteiger partial charge is 0.358 e. The van der Waals surface area contributed by atoms with Crippen molar-refractivity contribution in [1.82, 2.24) is 14.9 Å². The average Bonchev–Trinajstić information content (AvgIpc) is 2.30. The molecule has 1 amide bonds. The van der Waals surface area contributed by atoms with Crippen LogP contribution in [0.5, 0.6) is 0 Å². The highest BCUT2D eigenvalue weighted by atomic mass is 16.2. The number of likely N-dealkylation sites (N-methyl/N-ethyl adjacent to an activating group) is 1. The van der Waals surface area contributed by atoms with E-state index in [0.717, 1.165) is 0 Å². The zero-order valence-corrected chi connectivity index (χ0v) is 10.4. The second kappa shape index (κ2) is 6.03. The van der Waals surface area contributed by atoms with Gasteiger partial charge in [-0.15, -0.1) is 0 Å². The van der Waals surface area contributed by atoms with Crippen LogP contribution in [0.1, 0.15) is 20.8 Å². The summed E-state index contributed by atoms with van der Waals surface area (Å²) in [5, 5.41) is 2.91. The predicted octanol–water partition coefficient (Wildman–Crippen LogP) is 0.439. The summed E-state index contributed by atoms with van der Waals surface area (Å²) in [6.45, 7) is 6.96. The minimum atomic E-state index is -0.399. The quantitative estimate of drug-likeness (QED) is 0.780. The van der Waals surface area contributed by atoms with E-state index in [0.29, 0.717) is 18.9 Å². The molecule has 1 unspecified atom stereocenters. The third-order valence-electron chi connectivity index (χ3n) is 2.49. The van der Waals surface area contributed by atoms with Crippen molar-refractivity contribution in [3.8, 4) is 0 Å². The van der Waals surface area contributed by atoms with E-state index >= 15 is 0 Å². The molecule has 6 nitrogen and oxygen atoms in total. The summed E-state index contributed by atoms with van der Waals surface area (Å²) in [7, 11) is 0. The number of aromatic amines is 1. The second-order valence-electron chi connectivity index (χ2n) is 3.67. The van der Waals surface area contributed by atoms with Gasteiger partial charge < -0.3 is 15.2 Å². The van der Waals surface area contributed by atoms with Gasteiger partial charge >= 0.3 is 0 Å². The Morgan fingerprint density at radius 2 is 2.18 bits per heavy atom. The zero-order valence-electron chi connectivity index (χ0n) is 10.4. The Morgan fingerprint density at radius 1 is 1.53 bits per heavy atom. The van der Waals surface area contributed by atoms with Crippen LogP contribution in [-0.4, -0.2) is 39.9 Å². The number of rotatable bonds is 5. The van der Waals surface area contributed by atoms with Gasteiger partial charge in [-0.2, -0.15) is 0 Å². The van der Waals surface area contributed by atoms with Crippen molar-refractivity contribution in [2.45, 2.75) is 26.8 Å². The molecule has 17 heavy (non-hydrogen) atoms. The SMILES string of the molecule is CCN(CC)C(=O)C(C)Nc1cc(=O)[nH]cn1. The first-order valence-electron chi connectivity index (χ1n) is 5.68. The molecule has 0 saturated carbocycles. The van der Waals surface area contributed by atoms with Gasteiger partial charge in [0.15, 0.2) is 0 Å². The fourth-order valence-electron chi connectivity index (χ4n) is 1.54. The summed E-state index contributed by atoms with van der Waals surface area (Å²) >= 11 is 0. The Labute approximate surface area is 100 Å². The van der Waals surface area contributed by atoms with Crippen LogP contribution >= 0.6 is 0 Å². The van der Waals surface area contributed by atoms with Crippen molar-refractivity contribution < 1.29 is 4.79 Å². The highest BCUT2D eigenvalue weighted by Crippen LogP contribution is 2.02. The van der Waals surface area contributed by atoms with Crippen LogP contribution in [0.25, 0.3) is 0 Å². The van der Waals surface area contributed by atoms with E-state index < -0.39 is 6.04 Å². The number of carbonyl (C=O) groups excluding carboxylic acids is 1. The van der Waals surface area contributed by atoms with Crippen molar-refractivity contribution in [3.05, 3.63) is 22.7 Å². The normalized spacial score (nSPS) is 11.9. The van der Waals surface area contributed by atoms with Crippen LogP contribution in [0.3, 0.4) is 0 Å². The van der Waals surface area contributed by atoms with Gasteiger partial charge in [0.1, 0.15) is 11.9 Å². The van der Waals surface area contributed by atoms with Gasteiger partial charge in [-0.05, 0) is 20.8 Å². The highest BCUT2D eigenvalue weighted by molar-refractivity contribution is 5.83. The lowest BCUT2D eigenvalue weighted by molar-refractivity contribution is -0.131. The van der Waals surface area contributed by atoms with E-state index in [1.54, 1.807) is 11.8 Å². The fraction of sp³-hybridized carbons (Fsp3) is 0.545. The van der Waals surface area contributed by atoms with Crippen LogP contribution in [0.15, 0.2) is 17.2 Å². The van der Waals surface area contributed by atoms with E-state index in [4.69, 9.17) is 0 Å². The topological polar surface area (TPSA) is 78.1 Å². The third kappa shape index (κ3) is 3.58. The van der Waals surface area contributed by atoms with Crippen LogP contribution in [-0.2, 0) is 4.79 Å². The van der Waals surface area contributed by atoms with Crippen molar-refractivity contribution in [2.75, 3.05) is 18.4 Å². The Morgan fingerprint density at radius 3 is 2.71 bits per heavy atom. The van der Waals surface area contributed by atoms with E-state index in [9.17, 15) is 9.59 Å². The maximum atomic E-state index is 11.9. The van der Waals surface area contributed by atoms with Crippen molar-refractivity contribution in [1.29, 1.82) is 0 Å². The average molecular weight is 238 g/mol. The number of aromatic nitrogens is 2. The molecular weight excluding hydrogens is 220 g/mol. The molecule has 0 bridgehead atoms. The van der Waals surface area contributed by atoms with Crippen LogP contribution in [0.4, 0.5) is 5.82 Å². The summed E-state index contributed by atoms with van der Waals surface area (Å²) in [4.78, 5) is 31.1. The lowest BCUT2D eigenvalue weighted by atomic mass is 10.3. The minimum absolute atomic E-state index is 0.00270. The Balaban J connectivity index is 2.69. The number of nitrogens with zero attached hydrogens (tertiary/aromatic N) is 2. The Hall–Kier alpha value is -1.85. The molecule has 2 N–H and O–H groups in total. The highest BCUT2D eigenvalue weighted by Gasteiger charge is 2.18. The molecule has 0 aliphatic carbocycles. The monoisotopic (exact) mass is 238 g/mol. The minimum Gasteiger partial charge on any atom is -0.358 e. The Bertz CT molecular complexity index is 425. The van der Waals surface area contributed by atoms with Crippen molar-refractivity contribution >= 4 is 11.7 Å². The fourth-order valence-corrected chi connectivity index (χ4v) is 1.54.